The third-order valence-electron chi connectivity index (χ3n) is 4.59. The van der Waals surface area contributed by atoms with Crippen molar-refractivity contribution in [2.75, 3.05) is 11.9 Å². The molecular formula is C22H25N3O2S2. The summed E-state index contributed by atoms with van der Waals surface area (Å²) in [5.41, 5.74) is 4.97. The van der Waals surface area contributed by atoms with Crippen molar-refractivity contribution < 1.29 is 9.53 Å². The van der Waals surface area contributed by atoms with Crippen molar-refractivity contribution >= 4 is 39.7 Å². The van der Waals surface area contributed by atoms with Crippen LogP contribution >= 0.6 is 23.1 Å². The molecule has 0 unspecified atom stereocenters. The molecule has 0 spiro atoms. The van der Waals surface area contributed by atoms with Gasteiger partial charge in [-0.05, 0) is 69.5 Å². The molecule has 0 bridgehead atoms. The molecule has 1 N–H and O–H groups in total. The van der Waals surface area contributed by atoms with E-state index in [0.29, 0.717) is 11.7 Å². The topological polar surface area (TPSA) is 64.1 Å². The molecule has 0 amide bonds. The lowest BCUT2D eigenvalue weighted by Crippen LogP contribution is -2.15. The molecule has 5 nitrogen and oxygen atoms in total. The monoisotopic (exact) mass is 427 g/mol. The Bertz CT molecular complexity index is 1020. The van der Waals surface area contributed by atoms with Gasteiger partial charge in [-0.15, -0.1) is 10.2 Å². The average Bonchev–Trinajstić information content (AvgIpc) is 3.12. The van der Waals surface area contributed by atoms with E-state index in [-0.39, 0.29) is 11.0 Å². The zero-order valence-electron chi connectivity index (χ0n) is 17.3. The fraction of sp³-hybridized carbons (Fsp3) is 0.318. The maximum atomic E-state index is 13.0. The lowest BCUT2D eigenvalue weighted by atomic mass is 9.97. The second-order valence-electron chi connectivity index (χ2n) is 6.80. The quantitative estimate of drug-likeness (QED) is 0.353. The normalized spacial score (nSPS) is 11.9. The van der Waals surface area contributed by atoms with Crippen molar-refractivity contribution in [1.82, 2.24) is 10.2 Å². The minimum absolute atomic E-state index is 0.113. The van der Waals surface area contributed by atoms with E-state index >= 15 is 0 Å². The number of aryl methyl sites for hydroxylation is 3. The Hall–Kier alpha value is -2.38. The first kappa shape index (κ1) is 21.3. The van der Waals surface area contributed by atoms with Crippen LogP contribution in [0.15, 0.2) is 40.7 Å². The van der Waals surface area contributed by atoms with E-state index in [1.807, 2.05) is 58.0 Å². The van der Waals surface area contributed by atoms with Crippen LogP contribution < -0.4 is 10.1 Å². The number of nitrogens with zero attached hydrogens (tertiary/aromatic N) is 2. The van der Waals surface area contributed by atoms with E-state index in [1.165, 1.54) is 28.7 Å². The van der Waals surface area contributed by atoms with E-state index in [9.17, 15) is 4.79 Å². The minimum Gasteiger partial charge on any atom is -0.492 e. The molecular weight excluding hydrogens is 402 g/mol. The number of aromatic nitrogens is 2. The van der Waals surface area contributed by atoms with Crippen molar-refractivity contribution in [3.63, 3.8) is 0 Å². The predicted molar refractivity (Wildman–Crippen MR) is 121 cm³/mol. The molecule has 1 aromatic heterocycles. The number of carbonyl (C=O) groups is 1. The van der Waals surface area contributed by atoms with Crippen LogP contribution in [0.4, 0.5) is 10.8 Å². The molecule has 0 radical (unpaired) electrons. The summed E-state index contributed by atoms with van der Waals surface area (Å²) in [5, 5.41) is 12.1. The first-order valence-electron chi connectivity index (χ1n) is 9.50. The van der Waals surface area contributed by atoms with Crippen molar-refractivity contribution in [3.05, 3.63) is 58.7 Å². The van der Waals surface area contributed by atoms with Gasteiger partial charge in [0.2, 0.25) is 5.13 Å². The van der Waals surface area contributed by atoms with Gasteiger partial charge in [0.1, 0.15) is 5.75 Å². The van der Waals surface area contributed by atoms with Crippen molar-refractivity contribution in [2.45, 2.75) is 44.2 Å². The van der Waals surface area contributed by atoms with Gasteiger partial charge in [0, 0.05) is 5.56 Å². The zero-order chi connectivity index (χ0) is 21.0. The number of para-hydroxylation sites is 2. The lowest BCUT2D eigenvalue weighted by molar-refractivity contribution is 0.0993. The number of nitrogens with one attached hydrogen (secondary N) is 1. The molecule has 0 fully saturated rings. The zero-order valence-corrected chi connectivity index (χ0v) is 18.9. The van der Waals surface area contributed by atoms with Crippen LogP contribution in [0.3, 0.4) is 0 Å². The molecule has 0 saturated carbocycles. The van der Waals surface area contributed by atoms with E-state index in [1.54, 1.807) is 0 Å². The molecule has 152 valence electrons. The van der Waals surface area contributed by atoms with Gasteiger partial charge in [-0.3, -0.25) is 4.79 Å². The number of ether oxygens (including phenoxy) is 1. The molecule has 0 aliphatic carbocycles. The molecule has 1 heterocycles. The Morgan fingerprint density at radius 2 is 1.86 bits per heavy atom. The Balaban J connectivity index is 1.70. The maximum absolute atomic E-state index is 13.0. The van der Waals surface area contributed by atoms with Gasteiger partial charge in [0.05, 0.1) is 17.5 Å². The third kappa shape index (κ3) is 5.16. The SMILES string of the molecule is CCOc1ccccc1Nc1nnc(S[C@H](C)C(=O)c2cc(C)c(C)cc2C)s1. The minimum atomic E-state index is -0.243. The number of anilines is 2. The highest BCUT2D eigenvalue weighted by atomic mass is 32.2. The predicted octanol–water partition coefficient (Wildman–Crippen LogP) is 5.97. The highest BCUT2D eigenvalue weighted by Crippen LogP contribution is 2.34. The number of ketones is 1. The van der Waals surface area contributed by atoms with Crippen LogP contribution in [0, 0.1) is 20.8 Å². The van der Waals surface area contributed by atoms with Crippen molar-refractivity contribution in [3.8, 4) is 5.75 Å². The Morgan fingerprint density at radius 3 is 2.62 bits per heavy atom. The first-order valence-corrected chi connectivity index (χ1v) is 11.2. The van der Waals surface area contributed by atoms with Crippen LogP contribution in [-0.2, 0) is 0 Å². The van der Waals surface area contributed by atoms with E-state index in [2.05, 4.69) is 28.5 Å². The molecule has 0 saturated heterocycles. The fourth-order valence-electron chi connectivity index (χ4n) is 2.92. The number of hydrogen-bond donors (Lipinski definition) is 1. The highest BCUT2D eigenvalue weighted by Gasteiger charge is 2.21. The first-order chi connectivity index (χ1) is 13.9. The number of hydrogen-bond acceptors (Lipinski definition) is 7. The molecule has 0 aliphatic heterocycles. The van der Waals surface area contributed by atoms with Crippen LogP contribution in [0.25, 0.3) is 0 Å². The van der Waals surface area contributed by atoms with Gasteiger partial charge in [-0.2, -0.15) is 0 Å². The molecule has 29 heavy (non-hydrogen) atoms. The average molecular weight is 428 g/mol. The summed E-state index contributed by atoms with van der Waals surface area (Å²) in [4.78, 5) is 13.0. The molecule has 3 rings (SSSR count). The number of benzene rings is 2. The summed E-state index contributed by atoms with van der Waals surface area (Å²) in [6, 6.07) is 11.8. The smallest absolute Gasteiger partial charge is 0.210 e. The van der Waals surface area contributed by atoms with Crippen LogP contribution in [0.2, 0.25) is 0 Å². The molecule has 1 atom stereocenters. The van der Waals surface area contributed by atoms with E-state index in [0.717, 1.165) is 32.5 Å². The fourth-order valence-corrected chi connectivity index (χ4v) is 4.90. The van der Waals surface area contributed by atoms with Crippen molar-refractivity contribution in [1.29, 1.82) is 0 Å². The van der Waals surface area contributed by atoms with E-state index < -0.39 is 0 Å². The van der Waals surface area contributed by atoms with Gasteiger partial charge in [0.15, 0.2) is 10.1 Å². The number of Topliss-reactive ketones (excluding diaryl/α,β-unsaturated/α-hetero) is 1. The van der Waals surface area contributed by atoms with Crippen LogP contribution in [0.1, 0.15) is 40.9 Å². The summed E-state index contributed by atoms with van der Waals surface area (Å²) >= 11 is 2.86. The molecule has 3 aromatic rings. The van der Waals surface area contributed by atoms with Gasteiger partial charge in [-0.1, -0.05) is 41.3 Å². The summed E-state index contributed by atoms with van der Waals surface area (Å²) < 4.78 is 6.39. The summed E-state index contributed by atoms with van der Waals surface area (Å²) in [6.07, 6.45) is 0. The highest BCUT2D eigenvalue weighted by molar-refractivity contribution is 8.02. The van der Waals surface area contributed by atoms with Crippen LogP contribution in [-0.4, -0.2) is 27.8 Å². The standard InChI is InChI=1S/C22H25N3O2S2/c1-6-27-19-10-8-7-9-18(19)23-21-24-25-22(29-21)28-16(5)20(26)17-12-14(3)13(2)11-15(17)4/h7-12,16H,6H2,1-5H3,(H,23,24)/t16-/m1/s1. The van der Waals surface area contributed by atoms with Gasteiger partial charge >= 0.3 is 0 Å². The second kappa shape index (κ2) is 9.41. The summed E-state index contributed by atoms with van der Waals surface area (Å²) in [5.74, 6) is 0.884. The molecule has 0 aliphatic rings. The lowest BCUT2D eigenvalue weighted by Gasteiger charge is -2.12. The number of thioether (sulfide) groups is 1. The van der Waals surface area contributed by atoms with Gasteiger partial charge < -0.3 is 10.1 Å². The summed E-state index contributed by atoms with van der Waals surface area (Å²) in [7, 11) is 0. The Kier molecular flexibility index (Phi) is 6.92. The summed E-state index contributed by atoms with van der Waals surface area (Å²) in [6.45, 7) is 10.5. The largest absolute Gasteiger partial charge is 0.492 e. The number of carbonyl (C=O) groups excluding carboxylic acids is 1. The maximum Gasteiger partial charge on any atom is 0.210 e. The molecule has 7 heteroatoms. The molecule has 2 aromatic carbocycles. The Labute approximate surface area is 179 Å². The van der Waals surface area contributed by atoms with E-state index in [4.69, 9.17) is 4.74 Å². The van der Waals surface area contributed by atoms with Crippen molar-refractivity contribution in [2.24, 2.45) is 0 Å². The van der Waals surface area contributed by atoms with Crippen LogP contribution in [0.5, 0.6) is 5.75 Å². The van der Waals surface area contributed by atoms with Gasteiger partial charge in [-0.25, -0.2) is 0 Å². The third-order valence-corrected chi connectivity index (χ3v) is 6.61. The number of rotatable bonds is 8. The van der Waals surface area contributed by atoms with Gasteiger partial charge in [0.25, 0.3) is 0 Å². The Morgan fingerprint density at radius 1 is 1.14 bits per heavy atom. The second-order valence-corrected chi connectivity index (χ2v) is 9.37.